The summed E-state index contributed by atoms with van der Waals surface area (Å²) in [5.41, 5.74) is 2.32. The Morgan fingerprint density at radius 1 is 1.00 bits per heavy atom. The Labute approximate surface area is 157 Å². The van der Waals surface area contributed by atoms with Crippen LogP contribution in [0.4, 0.5) is 10.2 Å². The molecule has 3 rings (SSSR count). The second kappa shape index (κ2) is 8.89. The minimum atomic E-state index is -0.267. The maximum Gasteiger partial charge on any atom is 0.272 e. The van der Waals surface area contributed by atoms with E-state index in [9.17, 15) is 9.18 Å². The van der Waals surface area contributed by atoms with Crippen LogP contribution in [0.3, 0.4) is 0 Å². The van der Waals surface area contributed by atoms with E-state index >= 15 is 0 Å². The highest BCUT2D eigenvalue weighted by Gasteiger charge is 2.12. The van der Waals surface area contributed by atoms with E-state index < -0.39 is 0 Å². The SMILES string of the molecule is CC(NC(=O)c1ccc(NCCc2ccc(F)cc2)nn1)c1ccccc1. The Bertz CT molecular complexity index is 867. The average molecular weight is 364 g/mol. The molecule has 1 atom stereocenters. The number of hydrogen-bond acceptors (Lipinski definition) is 4. The van der Waals surface area contributed by atoms with Gasteiger partial charge in [-0.25, -0.2) is 4.39 Å². The van der Waals surface area contributed by atoms with Gasteiger partial charge in [0.1, 0.15) is 11.6 Å². The van der Waals surface area contributed by atoms with Gasteiger partial charge in [-0.05, 0) is 48.7 Å². The number of carbonyl (C=O) groups is 1. The minimum absolute atomic E-state index is 0.117. The first kappa shape index (κ1) is 18.5. The number of aromatic nitrogens is 2. The van der Waals surface area contributed by atoms with Crippen LogP contribution >= 0.6 is 0 Å². The van der Waals surface area contributed by atoms with Crippen LogP contribution in [-0.2, 0) is 6.42 Å². The molecule has 1 amide bonds. The zero-order valence-electron chi connectivity index (χ0n) is 15.0. The van der Waals surface area contributed by atoms with Crippen molar-refractivity contribution in [2.75, 3.05) is 11.9 Å². The van der Waals surface area contributed by atoms with E-state index in [-0.39, 0.29) is 23.5 Å². The zero-order chi connectivity index (χ0) is 19.1. The number of anilines is 1. The molecule has 0 aliphatic heterocycles. The molecule has 2 aromatic carbocycles. The van der Waals surface area contributed by atoms with Gasteiger partial charge in [-0.2, -0.15) is 0 Å². The van der Waals surface area contributed by atoms with Gasteiger partial charge in [-0.3, -0.25) is 4.79 Å². The number of amides is 1. The summed E-state index contributed by atoms with van der Waals surface area (Å²) in [6.45, 7) is 2.56. The highest BCUT2D eigenvalue weighted by molar-refractivity contribution is 5.92. The van der Waals surface area contributed by atoms with Gasteiger partial charge in [0.05, 0.1) is 6.04 Å². The van der Waals surface area contributed by atoms with E-state index in [4.69, 9.17) is 0 Å². The predicted molar refractivity (Wildman–Crippen MR) is 103 cm³/mol. The first-order valence-corrected chi connectivity index (χ1v) is 8.79. The first-order chi connectivity index (χ1) is 13.1. The summed E-state index contributed by atoms with van der Waals surface area (Å²) in [5.74, 6) is 0.0782. The Hall–Kier alpha value is -3.28. The fraction of sp³-hybridized carbons (Fsp3) is 0.190. The maximum absolute atomic E-state index is 12.9. The second-order valence-corrected chi connectivity index (χ2v) is 6.21. The third kappa shape index (κ3) is 5.34. The molecule has 1 unspecified atom stereocenters. The lowest BCUT2D eigenvalue weighted by Gasteiger charge is -2.13. The number of nitrogens with one attached hydrogen (secondary N) is 2. The van der Waals surface area contributed by atoms with E-state index in [1.807, 2.05) is 37.3 Å². The summed E-state index contributed by atoms with van der Waals surface area (Å²) in [6, 6.07) is 19.4. The molecule has 138 valence electrons. The summed E-state index contributed by atoms with van der Waals surface area (Å²) >= 11 is 0. The largest absolute Gasteiger partial charge is 0.368 e. The molecule has 2 N–H and O–H groups in total. The molecule has 1 heterocycles. The van der Waals surface area contributed by atoms with Crippen molar-refractivity contribution in [2.24, 2.45) is 0 Å². The maximum atomic E-state index is 12.9. The molecule has 6 heteroatoms. The molecule has 0 radical (unpaired) electrons. The van der Waals surface area contributed by atoms with E-state index in [1.54, 1.807) is 24.3 Å². The Kier molecular flexibility index (Phi) is 6.10. The van der Waals surface area contributed by atoms with Crippen molar-refractivity contribution in [3.8, 4) is 0 Å². The molecule has 3 aromatic rings. The molecule has 0 fully saturated rings. The van der Waals surface area contributed by atoms with Crippen LogP contribution in [0, 0.1) is 5.82 Å². The molecule has 0 saturated heterocycles. The standard InChI is InChI=1S/C21H21FN4O/c1-15(17-5-3-2-4-6-17)24-21(27)19-11-12-20(26-25-19)23-14-13-16-7-9-18(22)10-8-16/h2-12,15H,13-14H2,1H3,(H,23,26)(H,24,27). The molecule has 27 heavy (non-hydrogen) atoms. The molecule has 0 aliphatic carbocycles. The van der Waals surface area contributed by atoms with Crippen LogP contribution in [0.1, 0.15) is 34.6 Å². The number of nitrogens with zero attached hydrogens (tertiary/aromatic N) is 2. The molecule has 0 bridgehead atoms. The van der Waals surface area contributed by atoms with Crippen LogP contribution in [0.5, 0.6) is 0 Å². The molecule has 0 spiro atoms. The topological polar surface area (TPSA) is 66.9 Å². The fourth-order valence-electron chi connectivity index (χ4n) is 2.63. The van der Waals surface area contributed by atoms with E-state index in [0.717, 1.165) is 17.5 Å². The van der Waals surface area contributed by atoms with E-state index in [0.29, 0.717) is 12.4 Å². The van der Waals surface area contributed by atoms with E-state index in [2.05, 4.69) is 20.8 Å². The van der Waals surface area contributed by atoms with Gasteiger partial charge in [-0.15, -0.1) is 10.2 Å². The Balaban J connectivity index is 1.50. The van der Waals surface area contributed by atoms with Gasteiger partial charge < -0.3 is 10.6 Å². The molecule has 1 aromatic heterocycles. The summed E-state index contributed by atoms with van der Waals surface area (Å²) in [7, 11) is 0. The van der Waals surface area contributed by atoms with Gasteiger partial charge in [0.15, 0.2) is 5.69 Å². The van der Waals surface area contributed by atoms with Crippen LogP contribution in [0.2, 0.25) is 0 Å². The Morgan fingerprint density at radius 2 is 1.74 bits per heavy atom. The lowest BCUT2D eigenvalue weighted by molar-refractivity contribution is 0.0934. The third-order valence-corrected chi connectivity index (χ3v) is 4.18. The highest BCUT2D eigenvalue weighted by Crippen LogP contribution is 2.12. The Morgan fingerprint density at radius 3 is 2.41 bits per heavy atom. The van der Waals surface area contributed by atoms with Crippen LogP contribution in [0.25, 0.3) is 0 Å². The molecule has 0 saturated carbocycles. The van der Waals surface area contributed by atoms with Gasteiger partial charge in [0.2, 0.25) is 0 Å². The number of halogens is 1. The van der Waals surface area contributed by atoms with Gasteiger partial charge in [0.25, 0.3) is 5.91 Å². The molecular formula is C21H21FN4O. The van der Waals surface area contributed by atoms with Crippen molar-refractivity contribution in [1.82, 2.24) is 15.5 Å². The van der Waals surface area contributed by atoms with Crippen molar-refractivity contribution in [1.29, 1.82) is 0 Å². The lowest BCUT2D eigenvalue weighted by atomic mass is 10.1. The molecular weight excluding hydrogens is 343 g/mol. The van der Waals surface area contributed by atoms with Crippen molar-refractivity contribution in [3.05, 3.63) is 89.4 Å². The smallest absolute Gasteiger partial charge is 0.272 e. The van der Waals surface area contributed by atoms with Gasteiger partial charge in [-0.1, -0.05) is 42.5 Å². The average Bonchev–Trinajstić information content (AvgIpc) is 2.70. The van der Waals surface area contributed by atoms with Gasteiger partial charge >= 0.3 is 0 Å². The second-order valence-electron chi connectivity index (χ2n) is 6.21. The number of benzene rings is 2. The van der Waals surface area contributed by atoms with Crippen molar-refractivity contribution in [3.63, 3.8) is 0 Å². The van der Waals surface area contributed by atoms with Crippen molar-refractivity contribution < 1.29 is 9.18 Å². The van der Waals surface area contributed by atoms with E-state index in [1.165, 1.54) is 12.1 Å². The zero-order valence-corrected chi connectivity index (χ0v) is 15.0. The third-order valence-electron chi connectivity index (χ3n) is 4.18. The number of hydrogen-bond donors (Lipinski definition) is 2. The minimum Gasteiger partial charge on any atom is -0.368 e. The lowest BCUT2D eigenvalue weighted by Crippen LogP contribution is -2.27. The van der Waals surface area contributed by atoms with Crippen LogP contribution in [0.15, 0.2) is 66.7 Å². The monoisotopic (exact) mass is 364 g/mol. The summed E-state index contributed by atoms with van der Waals surface area (Å²) in [4.78, 5) is 12.3. The summed E-state index contributed by atoms with van der Waals surface area (Å²) in [6.07, 6.45) is 0.735. The quantitative estimate of drug-likeness (QED) is 0.670. The number of rotatable bonds is 7. The summed E-state index contributed by atoms with van der Waals surface area (Å²) < 4.78 is 12.9. The molecule has 5 nitrogen and oxygen atoms in total. The van der Waals surface area contributed by atoms with Crippen LogP contribution < -0.4 is 10.6 Å². The number of carbonyl (C=O) groups excluding carboxylic acids is 1. The normalized spacial score (nSPS) is 11.6. The molecule has 0 aliphatic rings. The van der Waals surface area contributed by atoms with Crippen molar-refractivity contribution in [2.45, 2.75) is 19.4 Å². The van der Waals surface area contributed by atoms with Crippen LogP contribution in [-0.4, -0.2) is 22.6 Å². The summed E-state index contributed by atoms with van der Waals surface area (Å²) in [5, 5.41) is 14.1. The predicted octanol–water partition coefficient (Wildman–Crippen LogP) is 3.76. The van der Waals surface area contributed by atoms with Crippen molar-refractivity contribution >= 4 is 11.7 Å². The highest BCUT2D eigenvalue weighted by atomic mass is 19.1. The first-order valence-electron chi connectivity index (χ1n) is 8.79. The fourth-order valence-corrected chi connectivity index (χ4v) is 2.63. The van der Waals surface area contributed by atoms with Gasteiger partial charge in [0, 0.05) is 6.54 Å².